The van der Waals surface area contributed by atoms with E-state index in [1.54, 1.807) is 4.90 Å². The highest BCUT2D eigenvalue weighted by Crippen LogP contribution is 2.55. The van der Waals surface area contributed by atoms with E-state index >= 15 is 0 Å². The summed E-state index contributed by atoms with van der Waals surface area (Å²) in [6, 6.07) is 3.12. The molecule has 6 nitrogen and oxygen atoms in total. The Morgan fingerprint density at radius 2 is 1.67 bits per heavy atom. The van der Waals surface area contributed by atoms with E-state index in [0.29, 0.717) is 32.5 Å². The summed E-state index contributed by atoms with van der Waals surface area (Å²) >= 11 is 0. The van der Waals surface area contributed by atoms with E-state index in [1.807, 2.05) is 0 Å². The van der Waals surface area contributed by atoms with Crippen LogP contribution >= 0.6 is 0 Å². The minimum atomic E-state index is -0.716. The predicted molar refractivity (Wildman–Crippen MR) is 119 cm³/mol. The highest BCUT2D eigenvalue weighted by atomic mass is 19.1. The van der Waals surface area contributed by atoms with Gasteiger partial charge >= 0.3 is 6.03 Å². The van der Waals surface area contributed by atoms with Gasteiger partial charge in [-0.2, -0.15) is 0 Å². The molecule has 4 bridgehead atoms. The van der Waals surface area contributed by atoms with Gasteiger partial charge in [-0.05, 0) is 68.4 Å². The molecule has 0 unspecified atom stereocenters. The van der Waals surface area contributed by atoms with Gasteiger partial charge in [0.15, 0.2) is 11.6 Å². The van der Waals surface area contributed by atoms with Gasteiger partial charge in [0.25, 0.3) is 0 Å². The van der Waals surface area contributed by atoms with Crippen LogP contribution in [0.2, 0.25) is 0 Å². The van der Waals surface area contributed by atoms with Crippen LogP contribution in [0, 0.1) is 29.4 Å². The lowest BCUT2D eigenvalue weighted by Crippen LogP contribution is -2.61. The molecule has 33 heavy (non-hydrogen) atoms. The summed E-state index contributed by atoms with van der Waals surface area (Å²) in [7, 11) is 0. The van der Waals surface area contributed by atoms with Crippen molar-refractivity contribution in [3.63, 3.8) is 0 Å². The summed E-state index contributed by atoms with van der Waals surface area (Å²) in [5.41, 5.74) is -0.0330. The molecule has 0 atom stereocenters. The average Bonchev–Trinajstić information content (AvgIpc) is 2.75. The Kier molecular flexibility index (Phi) is 6.18. The molecule has 0 aromatic heterocycles. The predicted octanol–water partition coefficient (Wildman–Crippen LogP) is 3.99. The molecule has 4 saturated carbocycles. The maximum Gasteiger partial charge on any atom is 0.315 e. The molecule has 1 aliphatic heterocycles. The Bertz CT molecular complexity index is 866. The third kappa shape index (κ3) is 5.09. The number of likely N-dealkylation sites (tertiary alicyclic amines) is 1. The molecule has 4 aliphatic carbocycles. The van der Waals surface area contributed by atoms with E-state index in [0.717, 1.165) is 43.1 Å². The number of benzene rings is 1. The van der Waals surface area contributed by atoms with Crippen LogP contribution in [0.3, 0.4) is 0 Å². The summed E-state index contributed by atoms with van der Waals surface area (Å²) < 4.78 is 32.5. The van der Waals surface area contributed by atoms with Gasteiger partial charge in [0, 0.05) is 50.5 Å². The van der Waals surface area contributed by atoms with Crippen LogP contribution in [-0.4, -0.2) is 48.1 Å². The number of nitrogens with one attached hydrogen (secondary N) is 2. The smallest absolute Gasteiger partial charge is 0.315 e. The fourth-order valence-electron chi connectivity index (χ4n) is 6.96. The van der Waals surface area contributed by atoms with Crippen LogP contribution < -0.4 is 15.4 Å². The molecule has 1 aromatic carbocycles. The number of ether oxygens (including phenoxy) is 1. The van der Waals surface area contributed by atoms with Gasteiger partial charge in [0.2, 0.25) is 5.91 Å². The number of hydrogen-bond acceptors (Lipinski definition) is 3. The molecule has 0 spiro atoms. The first-order valence-electron chi connectivity index (χ1n) is 12.3. The molecule has 2 N–H and O–H groups in total. The van der Waals surface area contributed by atoms with Crippen LogP contribution in [0.15, 0.2) is 18.2 Å². The number of carbonyl (C=O) groups is 2. The van der Waals surface area contributed by atoms with Gasteiger partial charge in [-0.15, -0.1) is 0 Å². The largest absolute Gasteiger partial charge is 0.487 e. The molecule has 5 fully saturated rings. The number of rotatable bonds is 6. The zero-order chi connectivity index (χ0) is 23.0. The number of amides is 3. The van der Waals surface area contributed by atoms with Crippen molar-refractivity contribution < 1.29 is 23.1 Å². The third-order valence-corrected chi connectivity index (χ3v) is 8.02. The van der Waals surface area contributed by atoms with E-state index in [-0.39, 0.29) is 35.8 Å². The molecule has 0 radical (unpaired) electrons. The molecule has 180 valence electrons. The number of hydrogen-bond donors (Lipinski definition) is 2. The van der Waals surface area contributed by atoms with Crippen molar-refractivity contribution in [2.75, 3.05) is 19.6 Å². The first-order chi connectivity index (χ1) is 15.9. The van der Waals surface area contributed by atoms with E-state index in [9.17, 15) is 18.4 Å². The molecule has 6 rings (SSSR count). The van der Waals surface area contributed by atoms with Gasteiger partial charge < -0.3 is 20.3 Å². The second-order valence-corrected chi connectivity index (χ2v) is 10.6. The maximum atomic E-state index is 13.8. The number of halogens is 2. The van der Waals surface area contributed by atoms with E-state index in [1.165, 1.54) is 31.4 Å². The van der Waals surface area contributed by atoms with Crippen molar-refractivity contribution in [3.8, 4) is 5.75 Å². The fraction of sp³-hybridized carbons (Fsp3) is 0.680. The Labute approximate surface area is 193 Å². The number of urea groups is 1. The van der Waals surface area contributed by atoms with Crippen molar-refractivity contribution in [2.45, 2.75) is 69.4 Å². The summed E-state index contributed by atoms with van der Waals surface area (Å²) in [4.78, 5) is 26.9. The zero-order valence-corrected chi connectivity index (χ0v) is 19.0. The maximum absolute atomic E-state index is 13.8. The zero-order valence-electron chi connectivity index (χ0n) is 19.0. The van der Waals surface area contributed by atoms with Crippen molar-refractivity contribution in [2.24, 2.45) is 17.8 Å². The summed E-state index contributed by atoms with van der Waals surface area (Å²) in [6.45, 7) is 1.35. The first kappa shape index (κ1) is 22.4. The van der Waals surface area contributed by atoms with Crippen molar-refractivity contribution in [3.05, 3.63) is 29.8 Å². The van der Waals surface area contributed by atoms with Crippen LogP contribution in [-0.2, 0) is 4.79 Å². The number of carbonyl (C=O) groups excluding carboxylic acids is 2. The number of piperidine rings is 1. The lowest BCUT2D eigenvalue weighted by Gasteiger charge is -2.56. The number of nitrogens with zero attached hydrogens (tertiary/aromatic N) is 1. The lowest BCUT2D eigenvalue weighted by atomic mass is 9.53. The van der Waals surface area contributed by atoms with Crippen LogP contribution in [0.25, 0.3) is 0 Å². The van der Waals surface area contributed by atoms with E-state index in [4.69, 9.17) is 4.74 Å². The van der Waals surface area contributed by atoms with Crippen molar-refractivity contribution >= 4 is 11.9 Å². The van der Waals surface area contributed by atoms with Gasteiger partial charge in [0.1, 0.15) is 11.9 Å². The van der Waals surface area contributed by atoms with E-state index in [2.05, 4.69) is 10.6 Å². The molecular formula is C25H33F2N3O3. The first-order valence-corrected chi connectivity index (χ1v) is 12.3. The summed E-state index contributed by atoms with van der Waals surface area (Å²) in [6.07, 6.45) is 8.52. The normalized spacial score (nSPS) is 30.8. The van der Waals surface area contributed by atoms with Crippen LogP contribution in [0.1, 0.15) is 57.8 Å². The Balaban J connectivity index is 1.02. The average molecular weight is 462 g/mol. The minimum Gasteiger partial charge on any atom is -0.487 e. The van der Waals surface area contributed by atoms with Gasteiger partial charge in [-0.3, -0.25) is 4.79 Å². The van der Waals surface area contributed by atoms with Gasteiger partial charge in [0.05, 0.1) is 0 Å². The highest BCUT2D eigenvalue weighted by molar-refractivity contribution is 5.78. The lowest BCUT2D eigenvalue weighted by molar-refractivity contribution is -0.132. The molecule has 1 saturated heterocycles. The van der Waals surface area contributed by atoms with E-state index < -0.39 is 11.6 Å². The topological polar surface area (TPSA) is 70.7 Å². The van der Waals surface area contributed by atoms with Gasteiger partial charge in [-0.25, -0.2) is 13.6 Å². The highest BCUT2D eigenvalue weighted by Gasteiger charge is 2.51. The second-order valence-electron chi connectivity index (χ2n) is 10.6. The Morgan fingerprint density at radius 1 is 1.03 bits per heavy atom. The quantitative estimate of drug-likeness (QED) is 0.673. The van der Waals surface area contributed by atoms with Crippen molar-refractivity contribution in [1.82, 2.24) is 15.5 Å². The molecule has 8 heteroatoms. The third-order valence-electron chi connectivity index (χ3n) is 8.02. The summed E-state index contributed by atoms with van der Waals surface area (Å²) in [5, 5.41) is 6.15. The molecule has 1 heterocycles. The molecular weight excluding hydrogens is 428 g/mol. The van der Waals surface area contributed by atoms with Crippen molar-refractivity contribution in [1.29, 1.82) is 0 Å². The molecule has 5 aliphatic rings. The SMILES string of the molecule is O=C(NCCC(=O)N1CCC(Oc2ccc(F)cc2F)CC1)NC12CC3CC(CC(C3)C1)C2. The Hall–Kier alpha value is -2.38. The van der Waals surface area contributed by atoms with Crippen LogP contribution in [0.4, 0.5) is 13.6 Å². The Morgan fingerprint density at radius 3 is 2.27 bits per heavy atom. The van der Waals surface area contributed by atoms with Crippen LogP contribution in [0.5, 0.6) is 5.75 Å². The standard InChI is InChI=1S/C25H33F2N3O3/c26-19-1-2-22(21(27)12-19)33-20-4-7-30(8-5-20)23(31)3-6-28-24(32)29-25-13-16-9-17(14-25)11-18(10-16)15-25/h1-2,12,16-18,20H,3-11,13-15H2,(H2,28,29,32). The monoisotopic (exact) mass is 461 g/mol. The minimum absolute atomic E-state index is 0.00322. The molecule has 3 amide bonds. The second kappa shape index (κ2) is 9.11. The molecule has 1 aromatic rings. The summed E-state index contributed by atoms with van der Waals surface area (Å²) in [5.74, 6) is 0.984. The fourth-order valence-corrected chi connectivity index (χ4v) is 6.96. The van der Waals surface area contributed by atoms with Gasteiger partial charge in [-0.1, -0.05) is 0 Å².